The molecule has 5 heterocycles. The molecule has 0 bridgehead atoms. The minimum Gasteiger partial charge on any atom is -0.336 e. The fourth-order valence-electron chi connectivity index (χ4n) is 4.51. The van der Waals surface area contributed by atoms with E-state index >= 15 is 0 Å². The van der Waals surface area contributed by atoms with Crippen molar-refractivity contribution in [3.63, 3.8) is 0 Å². The van der Waals surface area contributed by atoms with E-state index in [9.17, 15) is 19.2 Å². The van der Waals surface area contributed by atoms with Gasteiger partial charge < -0.3 is 9.80 Å². The number of likely N-dealkylation sites (tertiary alicyclic amines) is 1. The summed E-state index contributed by atoms with van der Waals surface area (Å²) in [5.74, 6) is -1.01. The maximum Gasteiger partial charge on any atom is 0.276 e. The molecule has 2 saturated heterocycles. The van der Waals surface area contributed by atoms with Gasteiger partial charge in [0.2, 0.25) is 11.8 Å². The lowest BCUT2D eigenvalue weighted by atomic mass is 10.0. The normalized spacial score (nSPS) is 20.4. The molecule has 13 heteroatoms. The average molecular weight is 478 g/mol. The molecule has 3 aromatic rings. The zero-order chi connectivity index (χ0) is 23.4. The molecule has 3 aliphatic rings. The summed E-state index contributed by atoms with van der Waals surface area (Å²) < 4.78 is 1.49. The van der Waals surface area contributed by atoms with Gasteiger partial charge in [-0.3, -0.25) is 24.5 Å². The molecule has 1 aromatic carbocycles. The number of amides is 4. The van der Waals surface area contributed by atoms with Crippen LogP contribution < -0.4 is 5.32 Å². The third-order valence-corrected chi connectivity index (χ3v) is 7.24. The molecular formula is C21H18N8O4S. The van der Waals surface area contributed by atoms with Gasteiger partial charge >= 0.3 is 0 Å². The van der Waals surface area contributed by atoms with E-state index in [2.05, 4.69) is 25.8 Å². The number of aromatic nitrogens is 5. The van der Waals surface area contributed by atoms with Gasteiger partial charge in [-0.2, -0.15) is 0 Å². The van der Waals surface area contributed by atoms with Gasteiger partial charge in [0.05, 0.1) is 11.9 Å². The molecule has 172 valence electrons. The van der Waals surface area contributed by atoms with E-state index in [-0.39, 0.29) is 42.3 Å². The van der Waals surface area contributed by atoms with Crippen molar-refractivity contribution in [3.05, 3.63) is 51.7 Å². The predicted molar refractivity (Wildman–Crippen MR) is 116 cm³/mol. The number of piperidine rings is 1. The summed E-state index contributed by atoms with van der Waals surface area (Å²) in [6.07, 6.45) is 2.08. The summed E-state index contributed by atoms with van der Waals surface area (Å²) in [5, 5.41) is 19.2. The van der Waals surface area contributed by atoms with Crippen LogP contribution in [0.25, 0.3) is 5.69 Å². The maximum atomic E-state index is 12.9. The Bertz CT molecular complexity index is 1330. The average Bonchev–Trinajstić information content (AvgIpc) is 3.54. The van der Waals surface area contributed by atoms with Gasteiger partial charge in [0.1, 0.15) is 16.6 Å². The van der Waals surface area contributed by atoms with E-state index in [1.165, 1.54) is 20.9 Å². The van der Waals surface area contributed by atoms with E-state index in [4.69, 9.17) is 0 Å². The van der Waals surface area contributed by atoms with Crippen molar-refractivity contribution in [2.75, 3.05) is 13.1 Å². The third-order valence-electron chi connectivity index (χ3n) is 6.38. The SMILES string of the molecule is O=C1CCC(N2Cc3cc(-n4cc(C(=O)N5CC(c6nncs6)C5)nn4)ccc3C2=O)C(=O)N1. The second kappa shape index (κ2) is 7.80. The van der Waals surface area contributed by atoms with Crippen LogP contribution in [0.15, 0.2) is 29.9 Å². The van der Waals surface area contributed by atoms with E-state index < -0.39 is 11.9 Å². The number of fused-ring (bicyclic) bond motifs is 1. The summed E-state index contributed by atoms with van der Waals surface area (Å²) in [6, 6.07) is 4.54. The molecule has 2 aromatic heterocycles. The second-order valence-electron chi connectivity index (χ2n) is 8.47. The summed E-state index contributed by atoms with van der Waals surface area (Å²) in [6.45, 7) is 1.39. The molecule has 0 radical (unpaired) electrons. The highest BCUT2D eigenvalue weighted by Gasteiger charge is 2.39. The molecule has 6 rings (SSSR count). The number of imide groups is 1. The van der Waals surface area contributed by atoms with Gasteiger partial charge in [-0.05, 0) is 30.2 Å². The predicted octanol–water partition coefficient (Wildman–Crippen LogP) is 0.119. The van der Waals surface area contributed by atoms with Crippen LogP contribution in [-0.4, -0.2) is 77.8 Å². The largest absolute Gasteiger partial charge is 0.336 e. The molecule has 0 spiro atoms. The van der Waals surface area contributed by atoms with Crippen molar-refractivity contribution in [2.24, 2.45) is 0 Å². The molecule has 0 saturated carbocycles. The number of hydrogen-bond acceptors (Lipinski definition) is 9. The highest BCUT2D eigenvalue weighted by atomic mass is 32.1. The maximum absolute atomic E-state index is 12.9. The minimum atomic E-state index is -0.669. The summed E-state index contributed by atoms with van der Waals surface area (Å²) >= 11 is 1.48. The van der Waals surface area contributed by atoms with Crippen LogP contribution >= 0.6 is 11.3 Å². The number of nitrogens with one attached hydrogen (secondary N) is 1. The first kappa shape index (κ1) is 20.6. The van der Waals surface area contributed by atoms with Crippen molar-refractivity contribution in [2.45, 2.75) is 31.3 Å². The molecule has 1 unspecified atom stereocenters. The zero-order valence-corrected chi connectivity index (χ0v) is 18.6. The highest BCUT2D eigenvalue weighted by molar-refractivity contribution is 7.09. The van der Waals surface area contributed by atoms with Crippen molar-refractivity contribution >= 4 is 35.0 Å². The number of nitrogens with zero attached hydrogens (tertiary/aromatic N) is 7. The highest BCUT2D eigenvalue weighted by Crippen LogP contribution is 2.30. The fraction of sp³-hybridized carbons (Fsp3) is 0.333. The Labute approximate surface area is 196 Å². The van der Waals surface area contributed by atoms with Crippen molar-refractivity contribution in [3.8, 4) is 5.69 Å². The van der Waals surface area contributed by atoms with E-state index in [0.29, 0.717) is 30.8 Å². The van der Waals surface area contributed by atoms with Crippen LogP contribution in [-0.2, 0) is 16.1 Å². The molecule has 34 heavy (non-hydrogen) atoms. The molecule has 12 nitrogen and oxygen atoms in total. The smallest absolute Gasteiger partial charge is 0.276 e. The van der Waals surface area contributed by atoms with Crippen LogP contribution in [0.4, 0.5) is 0 Å². The Morgan fingerprint density at radius 3 is 2.76 bits per heavy atom. The monoisotopic (exact) mass is 478 g/mol. The lowest BCUT2D eigenvalue weighted by Gasteiger charge is -2.37. The van der Waals surface area contributed by atoms with Gasteiger partial charge in [-0.15, -0.1) is 26.6 Å². The van der Waals surface area contributed by atoms with Crippen LogP contribution in [0.2, 0.25) is 0 Å². The molecule has 1 N–H and O–H groups in total. The number of benzene rings is 1. The molecule has 4 amide bonds. The Hall–Kier alpha value is -4.00. The Balaban J connectivity index is 1.16. The van der Waals surface area contributed by atoms with Crippen molar-refractivity contribution in [1.82, 2.24) is 40.3 Å². The standard InChI is InChI=1S/C21H18N8O4S/c30-17-4-3-16(18(31)23-17)28-8-11-5-13(1-2-14(11)20(28)32)29-9-15(24-26-29)21(33)27-6-12(7-27)19-25-22-10-34-19/h1-2,5,9-10,12,16H,3-4,6-8H2,(H,23,30,31). The number of rotatable bonds is 4. The summed E-state index contributed by atoms with van der Waals surface area (Å²) in [4.78, 5) is 52.5. The molecule has 1 atom stereocenters. The first-order valence-electron chi connectivity index (χ1n) is 10.7. The molecular weight excluding hydrogens is 460 g/mol. The topological polar surface area (TPSA) is 143 Å². The molecule has 2 fully saturated rings. The second-order valence-corrected chi connectivity index (χ2v) is 9.34. The van der Waals surface area contributed by atoms with Gasteiger partial charge in [0.15, 0.2) is 5.69 Å². The van der Waals surface area contributed by atoms with Gasteiger partial charge in [0.25, 0.3) is 11.8 Å². The number of carbonyl (C=O) groups excluding carboxylic acids is 4. The third kappa shape index (κ3) is 3.36. The van der Waals surface area contributed by atoms with Crippen molar-refractivity contribution < 1.29 is 19.2 Å². The van der Waals surface area contributed by atoms with E-state index in [1.807, 2.05) is 0 Å². The zero-order valence-electron chi connectivity index (χ0n) is 17.7. The summed E-state index contributed by atoms with van der Waals surface area (Å²) in [5.41, 5.74) is 3.82. The van der Waals surface area contributed by atoms with Gasteiger partial charge in [-0.1, -0.05) is 5.21 Å². The molecule has 3 aliphatic heterocycles. The first-order valence-corrected chi connectivity index (χ1v) is 11.6. The van der Waals surface area contributed by atoms with Crippen molar-refractivity contribution in [1.29, 1.82) is 0 Å². The lowest BCUT2D eigenvalue weighted by Crippen LogP contribution is -2.52. The van der Waals surface area contributed by atoms with Crippen LogP contribution in [0, 0.1) is 0 Å². The Kier molecular flexibility index (Phi) is 4.72. The number of hydrogen-bond donors (Lipinski definition) is 1. The van der Waals surface area contributed by atoms with Crippen LogP contribution in [0.5, 0.6) is 0 Å². The van der Waals surface area contributed by atoms with Gasteiger partial charge in [-0.25, -0.2) is 4.68 Å². The van der Waals surface area contributed by atoms with Gasteiger partial charge in [0, 0.05) is 37.5 Å². The Morgan fingerprint density at radius 2 is 2.00 bits per heavy atom. The minimum absolute atomic E-state index is 0.201. The van der Waals surface area contributed by atoms with Crippen LogP contribution in [0.3, 0.4) is 0 Å². The van der Waals surface area contributed by atoms with Crippen LogP contribution in [0.1, 0.15) is 50.2 Å². The molecule has 0 aliphatic carbocycles. The lowest BCUT2D eigenvalue weighted by molar-refractivity contribution is -0.136. The fourth-order valence-corrected chi connectivity index (χ4v) is 5.15. The first-order chi connectivity index (χ1) is 16.5. The van der Waals surface area contributed by atoms with E-state index in [0.717, 1.165) is 10.6 Å². The van der Waals surface area contributed by atoms with E-state index in [1.54, 1.807) is 34.8 Å². The number of carbonyl (C=O) groups is 4. The quantitative estimate of drug-likeness (QED) is 0.521. The summed E-state index contributed by atoms with van der Waals surface area (Å²) in [7, 11) is 0. The Morgan fingerprint density at radius 1 is 1.15 bits per heavy atom.